The smallest absolute Gasteiger partial charge is 0.0237 e. The van der Waals surface area contributed by atoms with Gasteiger partial charge in [0.15, 0.2) is 0 Å². The minimum atomic E-state index is 0.618. The van der Waals surface area contributed by atoms with E-state index >= 15 is 0 Å². The third kappa shape index (κ3) is 3.55. The minimum absolute atomic E-state index is 0.618. The number of rotatable bonds is 6. The van der Waals surface area contributed by atoms with Crippen LogP contribution in [0.5, 0.6) is 0 Å². The van der Waals surface area contributed by atoms with Gasteiger partial charge in [0.25, 0.3) is 0 Å². The first-order valence-electron chi connectivity index (χ1n) is 6.73. The van der Waals surface area contributed by atoms with Crippen molar-refractivity contribution in [2.75, 3.05) is 13.1 Å². The standard InChI is InChI=1S/C15H24N2/c1-12(2)14-5-3-13(4-6-14)11-17(10-9-16)15-7-8-15/h3-6,12,15H,7-11,16H2,1-2H3. The van der Waals surface area contributed by atoms with E-state index in [1.807, 2.05) is 0 Å². The van der Waals surface area contributed by atoms with Crippen molar-refractivity contribution < 1.29 is 0 Å². The van der Waals surface area contributed by atoms with Crippen LogP contribution in [0.25, 0.3) is 0 Å². The van der Waals surface area contributed by atoms with Crippen LogP contribution in [-0.4, -0.2) is 24.0 Å². The molecule has 0 heterocycles. The Hall–Kier alpha value is -0.860. The molecule has 2 heteroatoms. The highest BCUT2D eigenvalue weighted by Gasteiger charge is 2.28. The molecule has 2 nitrogen and oxygen atoms in total. The summed E-state index contributed by atoms with van der Waals surface area (Å²) in [7, 11) is 0. The van der Waals surface area contributed by atoms with E-state index in [1.165, 1.54) is 24.0 Å². The Balaban J connectivity index is 1.96. The first-order chi connectivity index (χ1) is 8.20. The molecule has 0 amide bonds. The summed E-state index contributed by atoms with van der Waals surface area (Å²) in [4.78, 5) is 2.52. The monoisotopic (exact) mass is 232 g/mol. The molecule has 1 aliphatic carbocycles. The summed E-state index contributed by atoms with van der Waals surface area (Å²) in [5.74, 6) is 0.618. The van der Waals surface area contributed by atoms with E-state index in [-0.39, 0.29) is 0 Å². The molecule has 1 aromatic rings. The number of nitrogens with zero attached hydrogens (tertiary/aromatic N) is 1. The number of nitrogens with two attached hydrogens (primary N) is 1. The first-order valence-corrected chi connectivity index (χ1v) is 6.73. The maximum Gasteiger partial charge on any atom is 0.0237 e. The van der Waals surface area contributed by atoms with Crippen LogP contribution in [0.4, 0.5) is 0 Å². The Labute approximate surface area is 105 Å². The number of hydrogen-bond acceptors (Lipinski definition) is 2. The molecule has 94 valence electrons. The lowest BCUT2D eigenvalue weighted by atomic mass is 10.0. The van der Waals surface area contributed by atoms with Crippen LogP contribution in [0, 0.1) is 0 Å². The molecule has 2 N–H and O–H groups in total. The molecule has 1 aromatic carbocycles. The van der Waals surface area contributed by atoms with Gasteiger partial charge in [-0.1, -0.05) is 38.1 Å². The van der Waals surface area contributed by atoms with Gasteiger partial charge in [0.1, 0.15) is 0 Å². The lowest BCUT2D eigenvalue weighted by Gasteiger charge is -2.21. The molecule has 0 aliphatic heterocycles. The molecule has 1 aliphatic rings. The maximum atomic E-state index is 5.67. The Morgan fingerprint density at radius 2 is 1.88 bits per heavy atom. The van der Waals surface area contributed by atoms with E-state index in [1.54, 1.807) is 0 Å². The fourth-order valence-electron chi connectivity index (χ4n) is 2.24. The highest BCUT2D eigenvalue weighted by molar-refractivity contribution is 5.24. The summed E-state index contributed by atoms with van der Waals surface area (Å²) in [5.41, 5.74) is 8.50. The Morgan fingerprint density at radius 3 is 2.35 bits per heavy atom. The Kier molecular flexibility index (Phi) is 4.19. The van der Waals surface area contributed by atoms with Crippen molar-refractivity contribution in [1.82, 2.24) is 4.90 Å². The summed E-state index contributed by atoms with van der Waals surface area (Å²) >= 11 is 0. The van der Waals surface area contributed by atoms with E-state index < -0.39 is 0 Å². The normalized spacial score (nSPS) is 15.8. The summed E-state index contributed by atoms with van der Waals surface area (Å²) in [6.45, 7) is 7.32. The second-order valence-corrected chi connectivity index (χ2v) is 5.39. The predicted molar refractivity (Wildman–Crippen MR) is 73.0 cm³/mol. The number of hydrogen-bond donors (Lipinski definition) is 1. The van der Waals surface area contributed by atoms with E-state index in [4.69, 9.17) is 5.73 Å². The molecule has 1 saturated carbocycles. The van der Waals surface area contributed by atoms with Crippen molar-refractivity contribution in [1.29, 1.82) is 0 Å². The molecular formula is C15H24N2. The van der Waals surface area contributed by atoms with Gasteiger partial charge in [-0.15, -0.1) is 0 Å². The van der Waals surface area contributed by atoms with Gasteiger partial charge in [-0.2, -0.15) is 0 Å². The lowest BCUT2D eigenvalue weighted by molar-refractivity contribution is 0.262. The molecule has 0 saturated heterocycles. The van der Waals surface area contributed by atoms with Gasteiger partial charge in [-0.3, -0.25) is 4.90 Å². The molecule has 2 rings (SSSR count). The largest absolute Gasteiger partial charge is 0.329 e. The summed E-state index contributed by atoms with van der Waals surface area (Å²) < 4.78 is 0. The molecule has 1 fully saturated rings. The number of benzene rings is 1. The quantitative estimate of drug-likeness (QED) is 0.817. The van der Waals surface area contributed by atoms with Crippen LogP contribution >= 0.6 is 0 Å². The van der Waals surface area contributed by atoms with E-state index in [9.17, 15) is 0 Å². The van der Waals surface area contributed by atoms with Crippen molar-refractivity contribution in [3.63, 3.8) is 0 Å². The van der Waals surface area contributed by atoms with E-state index in [2.05, 4.69) is 43.0 Å². The van der Waals surface area contributed by atoms with Crippen LogP contribution < -0.4 is 5.73 Å². The third-order valence-corrected chi connectivity index (χ3v) is 3.51. The van der Waals surface area contributed by atoms with Crippen molar-refractivity contribution >= 4 is 0 Å². The predicted octanol–water partition coefficient (Wildman–Crippen LogP) is 2.73. The van der Waals surface area contributed by atoms with Crippen molar-refractivity contribution in [2.24, 2.45) is 5.73 Å². The molecule has 0 atom stereocenters. The lowest BCUT2D eigenvalue weighted by Crippen LogP contribution is -2.31. The molecule has 0 spiro atoms. The average molecular weight is 232 g/mol. The minimum Gasteiger partial charge on any atom is -0.329 e. The van der Waals surface area contributed by atoms with Crippen molar-refractivity contribution in [3.8, 4) is 0 Å². The van der Waals surface area contributed by atoms with Gasteiger partial charge in [0.2, 0.25) is 0 Å². The molecular weight excluding hydrogens is 208 g/mol. The summed E-state index contributed by atoms with van der Waals surface area (Å²) in [6.07, 6.45) is 2.70. The van der Waals surface area contributed by atoms with Gasteiger partial charge in [-0.25, -0.2) is 0 Å². The van der Waals surface area contributed by atoms with Crippen LogP contribution in [0.2, 0.25) is 0 Å². The topological polar surface area (TPSA) is 29.3 Å². The van der Waals surface area contributed by atoms with Gasteiger partial charge < -0.3 is 5.73 Å². The van der Waals surface area contributed by atoms with Gasteiger partial charge in [-0.05, 0) is 29.9 Å². The third-order valence-electron chi connectivity index (χ3n) is 3.51. The summed E-state index contributed by atoms with van der Waals surface area (Å²) in [5, 5.41) is 0. The van der Waals surface area contributed by atoms with E-state index in [0.717, 1.165) is 25.7 Å². The van der Waals surface area contributed by atoms with Crippen LogP contribution in [-0.2, 0) is 6.54 Å². The molecule has 0 bridgehead atoms. The van der Waals surface area contributed by atoms with Gasteiger partial charge >= 0.3 is 0 Å². The maximum absolute atomic E-state index is 5.67. The molecule has 0 radical (unpaired) electrons. The van der Waals surface area contributed by atoms with Crippen LogP contribution in [0.15, 0.2) is 24.3 Å². The average Bonchev–Trinajstić information content (AvgIpc) is 3.13. The first kappa shape index (κ1) is 12.6. The van der Waals surface area contributed by atoms with E-state index in [0.29, 0.717) is 5.92 Å². The second kappa shape index (κ2) is 5.65. The highest BCUT2D eigenvalue weighted by Crippen LogP contribution is 2.28. The molecule has 0 aromatic heterocycles. The molecule has 0 unspecified atom stereocenters. The molecule has 17 heavy (non-hydrogen) atoms. The van der Waals surface area contributed by atoms with Crippen molar-refractivity contribution in [2.45, 2.75) is 45.2 Å². The zero-order valence-electron chi connectivity index (χ0n) is 11.0. The summed E-state index contributed by atoms with van der Waals surface area (Å²) in [6, 6.07) is 9.84. The fourth-order valence-corrected chi connectivity index (χ4v) is 2.24. The Morgan fingerprint density at radius 1 is 1.24 bits per heavy atom. The van der Waals surface area contributed by atoms with Crippen LogP contribution in [0.1, 0.15) is 43.7 Å². The van der Waals surface area contributed by atoms with Crippen molar-refractivity contribution in [3.05, 3.63) is 35.4 Å². The fraction of sp³-hybridized carbons (Fsp3) is 0.600. The van der Waals surface area contributed by atoms with Crippen LogP contribution in [0.3, 0.4) is 0 Å². The second-order valence-electron chi connectivity index (χ2n) is 5.39. The Bertz CT molecular complexity index is 338. The van der Waals surface area contributed by atoms with Gasteiger partial charge in [0.05, 0.1) is 0 Å². The van der Waals surface area contributed by atoms with Gasteiger partial charge in [0, 0.05) is 25.7 Å². The zero-order valence-corrected chi connectivity index (χ0v) is 11.0. The zero-order chi connectivity index (χ0) is 12.3. The SMILES string of the molecule is CC(C)c1ccc(CN(CCN)C2CC2)cc1. The highest BCUT2D eigenvalue weighted by atomic mass is 15.2.